The number of anilines is 6. The van der Waals surface area contributed by atoms with Crippen LogP contribution in [0.5, 0.6) is 0 Å². The summed E-state index contributed by atoms with van der Waals surface area (Å²) in [5, 5.41) is 14.7. The molecule has 0 aliphatic carbocycles. The van der Waals surface area contributed by atoms with Crippen molar-refractivity contribution in [3.8, 4) is 33.4 Å². The fourth-order valence-electron chi connectivity index (χ4n) is 12.2. The van der Waals surface area contributed by atoms with Gasteiger partial charge in [0, 0.05) is 53.9 Å². The first-order valence-electron chi connectivity index (χ1n) is 25.7. The van der Waals surface area contributed by atoms with E-state index in [0.717, 1.165) is 45.3 Å². The predicted octanol–water partition coefficient (Wildman–Crippen LogP) is 21.2. The van der Waals surface area contributed by atoms with Crippen molar-refractivity contribution in [2.24, 2.45) is 0 Å². The van der Waals surface area contributed by atoms with E-state index in [9.17, 15) is 0 Å². The molecule has 0 radical (unpaired) electrons. The quantitative estimate of drug-likeness (QED) is 0.170. The summed E-state index contributed by atoms with van der Waals surface area (Å²) in [6.45, 7) is 0. The lowest BCUT2D eigenvalue weighted by atomic mass is 9.92. The minimum atomic E-state index is 1.06. The SMILES string of the molecule is c1ccc(-c2ccccc2N(c2ccc3c(c2)-c2ccccc2N(c2ccccc2)c2ccccc2-3)c2ccc3c4ccccc4c4ccccc4c4ccccc4c4c(ccc5sc6ccccc6c54)c3c2)cc1. The largest absolute Gasteiger partial charge is 0.310 e. The number of fused-ring (bicyclic) bond motifs is 19. The highest BCUT2D eigenvalue weighted by Gasteiger charge is 2.28. The van der Waals surface area contributed by atoms with Gasteiger partial charge in [-0.05, 0) is 137 Å². The third kappa shape index (κ3) is 6.93. The van der Waals surface area contributed by atoms with Crippen LogP contribution in [0.1, 0.15) is 0 Å². The maximum atomic E-state index is 2.50. The number of nitrogens with zero attached hydrogens (tertiary/aromatic N) is 2. The summed E-state index contributed by atoms with van der Waals surface area (Å²) < 4.78 is 2.57. The van der Waals surface area contributed by atoms with E-state index in [1.165, 1.54) is 96.3 Å². The average molecular weight is 971 g/mol. The van der Waals surface area contributed by atoms with Crippen molar-refractivity contribution in [3.63, 3.8) is 0 Å². The summed E-state index contributed by atoms with van der Waals surface area (Å²) in [5.74, 6) is 0. The van der Waals surface area contributed by atoms with Crippen molar-refractivity contribution in [1.82, 2.24) is 0 Å². The Hall–Kier alpha value is -9.54. The lowest BCUT2D eigenvalue weighted by molar-refractivity contribution is 1.29. The second kappa shape index (κ2) is 17.6. The molecule has 1 aliphatic rings. The van der Waals surface area contributed by atoms with Gasteiger partial charge in [-0.1, -0.05) is 212 Å². The van der Waals surface area contributed by atoms with Crippen molar-refractivity contribution in [3.05, 3.63) is 279 Å². The van der Waals surface area contributed by atoms with Gasteiger partial charge < -0.3 is 9.80 Å². The Labute approximate surface area is 439 Å². The fourth-order valence-corrected chi connectivity index (χ4v) is 13.3. The maximum absolute atomic E-state index is 2.50. The second-order valence-corrected chi connectivity index (χ2v) is 20.6. The summed E-state index contributed by atoms with van der Waals surface area (Å²) in [4.78, 5) is 4.93. The Bertz CT molecular complexity index is 4670. The molecule has 0 fully saturated rings. The molecule has 0 N–H and O–H groups in total. The van der Waals surface area contributed by atoms with E-state index in [1.807, 2.05) is 11.3 Å². The van der Waals surface area contributed by atoms with Gasteiger partial charge in [0.2, 0.25) is 0 Å². The molecule has 0 bridgehead atoms. The molecule has 3 heteroatoms. The van der Waals surface area contributed by atoms with Crippen LogP contribution < -0.4 is 9.80 Å². The van der Waals surface area contributed by atoms with Crippen molar-refractivity contribution in [2.75, 3.05) is 9.80 Å². The van der Waals surface area contributed by atoms with Crippen LogP contribution in [-0.2, 0) is 0 Å². The second-order valence-electron chi connectivity index (χ2n) is 19.5. The lowest BCUT2D eigenvalue weighted by Gasteiger charge is -2.29. The zero-order valence-corrected chi connectivity index (χ0v) is 41.7. The molecular formula is C72H46N2S. The molecule has 0 unspecified atom stereocenters. The van der Waals surface area contributed by atoms with Crippen molar-refractivity contribution in [2.45, 2.75) is 0 Å². The first kappa shape index (κ1) is 43.1. The number of hydrogen-bond acceptors (Lipinski definition) is 3. The lowest BCUT2D eigenvalue weighted by Crippen LogP contribution is -2.11. The smallest absolute Gasteiger partial charge is 0.0540 e. The van der Waals surface area contributed by atoms with Gasteiger partial charge in [0.1, 0.15) is 0 Å². The first-order chi connectivity index (χ1) is 37.2. The van der Waals surface area contributed by atoms with Gasteiger partial charge in [-0.3, -0.25) is 0 Å². The van der Waals surface area contributed by atoms with Crippen LogP contribution in [0, 0.1) is 0 Å². The highest BCUT2D eigenvalue weighted by molar-refractivity contribution is 7.26. The van der Waals surface area contributed by atoms with Crippen LogP contribution in [0.25, 0.3) is 107 Å². The van der Waals surface area contributed by atoms with Gasteiger partial charge in [-0.25, -0.2) is 0 Å². The van der Waals surface area contributed by atoms with Gasteiger partial charge in [0.25, 0.3) is 0 Å². The maximum Gasteiger partial charge on any atom is 0.0540 e. The molecular weight excluding hydrogens is 925 g/mol. The van der Waals surface area contributed by atoms with E-state index < -0.39 is 0 Å². The predicted molar refractivity (Wildman–Crippen MR) is 324 cm³/mol. The summed E-state index contributed by atoms with van der Waals surface area (Å²) in [5.41, 5.74) is 13.7. The summed E-state index contributed by atoms with van der Waals surface area (Å²) in [7, 11) is 0. The van der Waals surface area contributed by atoms with Crippen LogP contribution in [0.4, 0.5) is 34.1 Å². The van der Waals surface area contributed by atoms with Gasteiger partial charge in [-0.2, -0.15) is 0 Å². The number of hydrogen-bond donors (Lipinski definition) is 0. The molecule has 350 valence electrons. The average Bonchev–Trinajstić information content (AvgIpc) is 3.82. The molecule has 0 saturated carbocycles. The third-order valence-corrected chi connectivity index (χ3v) is 16.5. The number of benzene rings is 12. The zero-order valence-electron chi connectivity index (χ0n) is 40.9. The van der Waals surface area contributed by atoms with E-state index in [1.54, 1.807) is 0 Å². The molecule has 14 aromatic rings. The third-order valence-electron chi connectivity index (χ3n) is 15.4. The van der Waals surface area contributed by atoms with Crippen LogP contribution in [0.15, 0.2) is 279 Å². The first-order valence-corrected chi connectivity index (χ1v) is 26.6. The van der Waals surface area contributed by atoms with E-state index in [2.05, 4.69) is 289 Å². The van der Waals surface area contributed by atoms with Crippen molar-refractivity contribution in [1.29, 1.82) is 0 Å². The molecule has 0 spiro atoms. The fraction of sp³-hybridized carbons (Fsp3) is 0. The molecule has 15 rings (SSSR count). The molecule has 0 saturated heterocycles. The topological polar surface area (TPSA) is 6.48 Å². The van der Waals surface area contributed by atoms with Gasteiger partial charge in [0.15, 0.2) is 0 Å². The Balaban J connectivity index is 1.09. The summed E-state index contributed by atoms with van der Waals surface area (Å²) in [6, 6.07) is 103. The van der Waals surface area contributed by atoms with E-state index >= 15 is 0 Å². The molecule has 0 atom stereocenters. The molecule has 1 aliphatic heterocycles. The van der Waals surface area contributed by atoms with Gasteiger partial charge in [-0.15, -0.1) is 11.3 Å². The van der Waals surface area contributed by atoms with Crippen LogP contribution in [0.2, 0.25) is 0 Å². The Kier molecular flexibility index (Phi) is 10.1. The van der Waals surface area contributed by atoms with Crippen LogP contribution in [0.3, 0.4) is 0 Å². The van der Waals surface area contributed by atoms with E-state index in [4.69, 9.17) is 0 Å². The highest BCUT2D eigenvalue weighted by Crippen LogP contribution is 2.53. The van der Waals surface area contributed by atoms with Gasteiger partial charge in [0.05, 0.1) is 17.1 Å². The zero-order chi connectivity index (χ0) is 49.4. The molecule has 0 amide bonds. The highest BCUT2D eigenvalue weighted by atomic mass is 32.1. The monoisotopic (exact) mass is 970 g/mol. The van der Waals surface area contributed by atoms with E-state index in [0.29, 0.717) is 0 Å². The summed E-state index contributed by atoms with van der Waals surface area (Å²) >= 11 is 1.88. The number of para-hydroxylation sites is 4. The van der Waals surface area contributed by atoms with Crippen LogP contribution >= 0.6 is 11.3 Å². The minimum absolute atomic E-state index is 1.06. The molecule has 13 aromatic carbocycles. The Morgan fingerprint density at radius 1 is 0.267 bits per heavy atom. The molecule has 1 aromatic heterocycles. The van der Waals surface area contributed by atoms with Crippen molar-refractivity contribution >= 4 is 119 Å². The van der Waals surface area contributed by atoms with Crippen LogP contribution in [-0.4, -0.2) is 0 Å². The standard InChI is InChI=1S/C72H46N2S/c1-3-21-47(22-4-1)51-25-13-17-35-66(51)73(49-40-42-58-59-31-14-18-36-67(59)74(48-23-5-2-6-24-48)68-37-19-15-32-60(68)64(58)45-49)50-39-41-57-55-29-10-8-27-53(55)52-26-7-9-28-54(52)56-30-11-12-33-61(56)71-62(65(57)46-50)43-44-70-72(71)63-34-16-20-38-69(63)75-70/h1-46H. The van der Waals surface area contributed by atoms with Crippen molar-refractivity contribution < 1.29 is 0 Å². The summed E-state index contributed by atoms with van der Waals surface area (Å²) in [6.07, 6.45) is 0. The normalized spacial score (nSPS) is 12.0. The Morgan fingerprint density at radius 3 is 1.41 bits per heavy atom. The molecule has 2 nitrogen and oxygen atoms in total. The number of thiophene rings is 1. The molecule has 2 heterocycles. The number of rotatable bonds is 5. The minimum Gasteiger partial charge on any atom is -0.310 e. The Morgan fingerprint density at radius 2 is 0.733 bits per heavy atom. The van der Waals surface area contributed by atoms with E-state index in [-0.39, 0.29) is 0 Å². The van der Waals surface area contributed by atoms with Gasteiger partial charge >= 0.3 is 0 Å². The molecule has 75 heavy (non-hydrogen) atoms.